The summed E-state index contributed by atoms with van der Waals surface area (Å²) in [5.74, 6) is 0. The fourth-order valence-electron chi connectivity index (χ4n) is 1.39. The van der Waals surface area contributed by atoms with E-state index in [0.29, 0.717) is 0 Å². The molecule has 17 heavy (non-hydrogen) atoms. The van der Waals surface area contributed by atoms with E-state index < -0.39 is 26.3 Å². The maximum atomic E-state index is 12.0. The van der Waals surface area contributed by atoms with Gasteiger partial charge in [0.05, 0.1) is 23.0 Å². The smallest absolute Gasteiger partial charge is 0.270 e. The highest BCUT2D eigenvalue weighted by molar-refractivity contribution is 7.93. The Kier molecular flexibility index (Phi) is 2.64. The van der Waals surface area contributed by atoms with E-state index in [0.717, 1.165) is 6.07 Å². The third-order valence-corrected chi connectivity index (χ3v) is 4.75. The molecule has 8 heteroatoms. The molecule has 1 aliphatic heterocycles. The number of sulfone groups is 1. The van der Waals surface area contributed by atoms with E-state index in [1.165, 1.54) is 18.2 Å². The minimum atomic E-state index is -3.91. The first kappa shape index (κ1) is 12.0. The van der Waals surface area contributed by atoms with Crippen LogP contribution in [0.1, 0.15) is 0 Å². The molecule has 7 nitrogen and oxygen atoms in total. The second-order valence-corrected chi connectivity index (χ2v) is 5.84. The highest BCUT2D eigenvalue weighted by Crippen LogP contribution is 2.38. The van der Waals surface area contributed by atoms with Crippen molar-refractivity contribution in [2.24, 2.45) is 0 Å². The number of hydrogen-bond donors (Lipinski definition) is 1. The monoisotopic (exact) mass is 259 g/mol. The van der Waals surface area contributed by atoms with Crippen LogP contribution in [0, 0.1) is 10.1 Å². The van der Waals surface area contributed by atoms with E-state index in [2.05, 4.69) is 0 Å². The van der Waals surface area contributed by atoms with Crippen molar-refractivity contribution in [3.63, 3.8) is 0 Å². The van der Waals surface area contributed by atoms with Gasteiger partial charge in [-0.2, -0.15) is 0 Å². The summed E-state index contributed by atoms with van der Waals surface area (Å²) in [4.78, 5) is 8.02. The summed E-state index contributed by atoms with van der Waals surface area (Å²) in [6.07, 6.45) is 0. The number of non-ortho nitro benzene ring substituents is 1. The molecule has 1 saturated heterocycles. The number of aliphatic hydroxyl groups is 1. The fraction of sp³-hybridized carbons (Fsp3) is 0.333. The van der Waals surface area contributed by atoms with Gasteiger partial charge in [-0.1, -0.05) is 6.07 Å². The van der Waals surface area contributed by atoms with Crippen molar-refractivity contribution in [2.45, 2.75) is 9.83 Å². The molecule has 0 aromatic heterocycles. The molecule has 0 spiro atoms. The number of rotatable bonds is 4. The van der Waals surface area contributed by atoms with E-state index in [4.69, 9.17) is 9.84 Å². The number of nitro groups is 1. The van der Waals surface area contributed by atoms with E-state index in [1.807, 2.05) is 0 Å². The normalized spacial score (nSPS) is 23.4. The number of hydrogen-bond acceptors (Lipinski definition) is 6. The molecule has 1 aromatic carbocycles. The molecule has 92 valence electrons. The van der Waals surface area contributed by atoms with E-state index >= 15 is 0 Å². The van der Waals surface area contributed by atoms with Crippen LogP contribution in [0.3, 0.4) is 0 Å². The van der Waals surface area contributed by atoms with Gasteiger partial charge in [-0.3, -0.25) is 10.1 Å². The van der Waals surface area contributed by atoms with Crippen LogP contribution < -0.4 is 0 Å². The Bertz CT molecular complexity index is 563. The number of epoxide rings is 1. The minimum absolute atomic E-state index is 0.103. The van der Waals surface area contributed by atoms with Crippen molar-refractivity contribution in [2.75, 3.05) is 13.2 Å². The predicted octanol–water partition coefficient (Wildman–Crippen LogP) is 0.0873. The first-order chi connectivity index (χ1) is 7.93. The molecule has 0 saturated carbocycles. The van der Waals surface area contributed by atoms with Crippen molar-refractivity contribution in [3.8, 4) is 0 Å². The van der Waals surface area contributed by atoms with Gasteiger partial charge < -0.3 is 9.84 Å². The summed E-state index contributed by atoms with van der Waals surface area (Å²) in [7, 11) is -3.91. The first-order valence-electron chi connectivity index (χ1n) is 4.67. The number of benzene rings is 1. The highest BCUT2D eigenvalue weighted by Gasteiger charge is 2.57. The molecule has 0 radical (unpaired) electrons. The quantitative estimate of drug-likeness (QED) is 0.466. The Hall–Kier alpha value is -1.51. The molecule has 0 amide bonds. The van der Waals surface area contributed by atoms with Crippen LogP contribution in [0.5, 0.6) is 0 Å². The van der Waals surface area contributed by atoms with Gasteiger partial charge in [0, 0.05) is 12.1 Å². The van der Waals surface area contributed by atoms with Gasteiger partial charge >= 0.3 is 0 Å². The van der Waals surface area contributed by atoms with Crippen LogP contribution >= 0.6 is 0 Å². The van der Waals surface area contributed by atoms with Crippen LogP contribution in [0.4, 0.5) is 5.69 Å². The van der Waals surface area contributed by atoms with Crippen molar-refractivity contribution >= 4 is 15.5 Å². The van der Waals surface area contributed by atoms with E-state index in [9.17, 15) is 18.5 Å². The Morgan fingerprint density at radius 3 is 2.65 bits per heavy atom. The lowest BCUT2D eigenvalue weighted by Crippen LogP contribution is -2.29. The summed E-state index contributed by atoms with van der Waals surface area (Å²) < 4.78 is 28.8. The zero-order chi connectivity index (χ0) is 12.7. The van der Waals surface area contributed by atoms with E-state index in [1.54, 1.807) is 0 Å². The molecule has 1 atom stereocenters. The van der Waals surface area contributed by atoms with Gasteiger partial charge in [-0.15, -0.1) is 0 Å². The maximum absolute atomic E-state index is 12.0. The summed E-state index contributed by atoms with van der Waals surface area (Å²) in [5.41, 5.74) is -0.320. The predicted molar refractivity (Wildman–Crippen MR) is 56.1 cm³/mol. The van der Waals surface area contributed by atoms with Crippen LogP contribution in [0.2, 0.25) is 0 Å². The summed E-state index contributed by atoms with van der Waals surface area (Å²) >= 11 is 0. The standard InChI is InChI=1S/C9H9NO6S/c11-5-9(6-16-9)17(14,15)8-3-1-2-7(4-8)10(12)13/h1-4,11H,5-6H2/t9-/m0/s1. The van der Waals surface area contributed by atoms with Crippen LogP contribution in [0.15, 0.2) is 29.2 Å². The average molecular weight is 259 g/mol. The second-order valence-electron chi connectivity index (χ2n) is 3.62. The van der Waals surface area contributed by atoms with E-state index in [-0.39, 0.29) is 17.2 Å². The van der Waals surface area contributed by atoms with Crippen LogP contribution in [-0.2, 0) is 14.6 Å². The molecule has 0 unspecified atom stereocenters. The number of aliphatic hydroxyl groups excluding tert-OH is 1. The molecule has 0 aliphatic carbocycles. The second kappa shape index (κ2) is 3.76. The molecule has 0 bridgehead atoms. The summed E-state index contributed by atoms with van der Waals surface area (Å²) in [5, 5.41) is 19.5. The number of ether oxygens (including phenoxy) is 1. The summed E-state index contributed by atoms with van der Waals surface area (Å²) in [6, 6.07) is 4.66. The molecule has 1 fully saturated rings. The van der Waals surface area contributed by atoms with Crippen molar-refractivity contribution in [1.29, 1.82) is 0 Å². The molecule has 1 heterocycles. The Balaban J connectivity index is 2.48. The van der Waals surface area contributed by atoms with Gasteiger partial charge in [0.1, 0.15) is 0 Å². The number of nitro benzene ring substituents is 1. The van der Waals surface area contributed by atoms with Crippen molar-refractivity contribution in [1.82, 2.24) is 0 Å². The SMILES string of the molecule is O=[N+]([O-])c1cccc(S(=O)(=O)[C@@]2(CO)CO2)c1. The van der Waals surface area contributed by atoms with Crippen molar-refractivity contribution in [3.05, 3.63) is 34.4 Å². The summed E-state index contributed by atoms with van der Waals surface area (Å²) in [6.45, 7) is -0.771. The molecule has 1 N–H and O–H groups in total. The molecule has 1 aromatic rings. The zero-order valence-corrected chi connectivity index (χ0v) is 9.38. The lowest BCUT2D eigenvalue weighted by molar-refractivity contribution is -0.385. The van der Waals surface area contributed by atoms with Crippen LogP contribution in [0.25, 0.3) is 0 Å². The highest BCUT2D eigenvalue weighted by atomic mass is 32.2. The largest absolute Gasteiger partial charge is 0.392 e. The molecular formula is C9H9NO6S. The van der Waals surface area contributed by atoms with Gasteiger partial charge in [-0.25, -0.2) is 8.42 Å². The Morgan fingerprint density at radius 2 is 2.18 bits per heavy atom. The zero-order valence-electron chi connectivity index (χ0n) is 8.57. The fourth-order valence-corrected chi connectivity index (χ4v) is 2.89. The molecular weight excluding hydrogens is 250 g/mol. The molecule has 1 aliphatic rings. The maximum Gasteiger partial charge on any atom is 0.270 e. The lowest BCUT2D eigenvalue weighted by Gasteiger charge is -2.09. The van der Waals surface area contributed by atoms with Crippen LogP contribution in [-0.4, -0.2) is 36.6 Å². The van der Waals surface area contributed by atoms with Gasteiger partial charge in [0.25, 0.3) is 5.69 Å². The number of nitrogens with zero attached hydrogens (tertiary/aromatic N) is 1. The lowest BCUT2D eigenvalue weighted by atomic mass is 10.3. The van der Waals surface area contributed by atoms with Gasteiger partial charge in [0.2, 0.25) is 14.8 Å². The van der Waals surface area contributed by atoms with Crippen molar-refractivity contribution < 1.29 is 23.2 Å². The Morgan fingerprint density at radius 1 is 1.53 bits per heavy atom. The molecule has 2 rings (SSSR count). The first-order valence-corrected chi connectivity index (χ1v) is 6.15. The topological polar surface area (TPSA) is 110 Å². The minimum Gasteiger partial charge on any atom is -0.392 e. The van der Waals surface area contributed by atoms with Gasteiger partial charge in [0.15, 0.2) is 0 Å². The third kappa shape index (κ3) is 1.79. The third-order valence-electron chi connectivity index (χ3n) is 2.54. The average Bonchev–Trinajstić information content (AvgIpc) is 3.10. The Labute approximate surface area is 96.7 Å². The van der Waals surface area contributed by atoms with Gasteiger partial charge in [-0.05, 0) is 6.07 Å².